The predicted octanol–water partition coefficient (Wildman–Crippen LogP) is 2.93. The van der Waals surface area contributed by atoms with Crippen molar-refractivity contribution >= 4 is 11.8 Å². The molecule has 2 amide bonds. The van der Waals surface area contributed by atoms with Crippen LogP contribution in [0, 0.1) is 5.82 Å². The van der Waals surface area contributed by atoms with E-state index in [1.165, 1.54) is 19.1 Å². The van der Waals surface area contributed by atoms with Gasteiger partial charge in [0.25, 0.3) is 5.91 Å². The second-order valence-corrected chi connectivity index (χ2v) is 7.92. The smallest absolute Gasteiger partial charge is 0.254 e. The molecule has 1 N–H and O–H groups in total. The number of rotatable bonds is 5. The molecule has 0 aromatic heterocycles. The van der Waals surface area contributed by atoms with Crippen molar-refractivity contribution in [2.45, 2.75) is 37.8 Å². The number of nitrogens with zero attached hydrogens (tertiary/aromatic N) is 1. The van der Waals surface area contributed by atoms with Gasteiger partial charge in [-0.15, -0.1) is 0 Å². The summed E-state index contributed by atoms with van der Waals surface area (Å²) in [5.74, 6) is -0.520. The van der Waals surface area contributed by atoms with E-state index in [4.69, 9.17) is 4.74 Å². The molecule has 6 heteroatoms. The number of amides is 2. The van der Waals surface area contributed by atoms with E-state index >= 15 is 0 Å². The lowest BCUT2D eigenvalue weighted by molar-refractivity contribution is -0.165. The zero-order valence-electron chi connectivity index (χ0n) is 16.5. The summed E-state index contributed by atoms with van der Waals surface area (Å²) in [6.07, 6.45) is 2.30. The molecule has 2 fully saturated rings. The summed E-state index contributed by atoms with van der Waals surface area (Å²) in [5, 5.41) is 3.05. The second kappa shape index (κ2) is 7.95. The van der Waals surface area contributed by atoms with E-state index in [0.29, 0.717) is 19.6 Å². The summed E-state index contributed by atoms with van der Waals surface area (Å²) in [5.41, 5.74) is 1.44. The van der Waals surface area contributed by atoms with Crippen molar-refractivity contribution in [1.82, 2.24) is 10.2 Å². The number of carbonyl (C=O) groups is 2. The molecular weight excluding hydrogens is 371 g/mol. The molecule has 0 radical (unpaired) electrons. The van der Waals surface area contributed by atoms with E-state index < -0.39 is 5.60 Å². The van der Waals surface area contributed by atoms with Crippen LogP contribution in [0.25, 0.3) is 11.1 Å². The Kier molecular flexibility index (Phi) is 5.37. The number of hydrogen-bond acceptors (Lipinski definition) is 3. The van der Waals surface area contributed by atoms with Gasteiger partial charge in [-0.3, -0.25) is 9.59 Å². The van der Waals surface area contributed by atoms with Gasteiger partial charge in [-0.1, -0.05) is 36.4 Å². The largest absolute Gasteiger partial charge is 0.361 e. The average Bonchev–Trinajstić information content (AvgIpc) is 3.52. The second-order valence-electron chi connectivity index (χ2n) is 7.92. The Labute approximate surface area is 169 Å². The van der Waals surface area contributed by atoms with Gasteiger partial charge in [0, 0.05) is 25.9 Å². The lowest BCUT2D eigenvalue weighted by Crippen LogP contribution is -2.62. The van der Waals surface area contributed by atoms with Gasteiger partial charge in [0.15, 0.2) is 5.60 Å². The fraction of sp³-hybridized carbons (Fsp3) is 0.391. The van der Waals surface area contributed by atoms with Crippen molar-refractivity contribution in [3.63, 3.8) is 0 Å². The molecule has 152 valence electrons. The molecule has 2 aliphatic rings. The highest BCUT2D eigenvalue weighted by molar-refractivity contribution is 5.87. The van der Waals surface area contributed by atoms with Crippen LogP contribution in [0.15, 0.2) is 48.5 Å². The minimum atomic E-state index is -1.12. The molecule has 0 unspecified atom stereocenters. The normalized spacial score (nSPS) is 21.7. The van der Waals surface area contributed by atoms with E-state index in [-0.39, 0.29) is 30.2 Å². The van der Waals surface area contributed by atoms with Crippen LogP contribution < -0.4 is 5.32 Å². The molecule has 1 saturated heterocycles. The minimum Gasteiger partial charge on any atom is -0.361 e. The number of morpholine rings is 1. The predicted molar refractivity (Wildman–Crippen MR) is 108 cm³/mol. The van der Waals surface area contributed by atoms with Crippen LogP contribution in [0.3, 0.4) is 0 Å². The summed E-state index contributed by atoms with van der Waals surface area (Å²) in [6.45, 7) is 2.54. The van der Waals surface area contributed by atoms with E-state index in [9.17, 15) is 14.0 Å². The number of nitrogens with one attached hydrogen (secondary N) is 1. The zero-order valence-corrected chi connectivity index (χ0v) is 16.5. The van der Waals surface area contributed by atoms with Gasteiger partial charge in [-0.2, -0.15) is 0 Å². The highest BCUT2D eigenvalue weighted by Crippen LogP contribution is 2.29. The first-order valence-electron chi connectivity index (χ1n) is 10.0. The maximum Gasteiger partial charge on any atom is 0.254 e. The summed E-state index contributed by atoms with van der Waals surface area (Å²) in [6, 6.07) is 14.3. The fourth-order valence-electron chi connectivity index (χ4n) is 3.78. The molecule has 0 spiro atoms. The monoisotopic (exact) mass is 396 g/mol. The molecule has 1 aliphatic carbocycles. The van der Waals surface area contributed by atoms with Crippen molar-refractivity contribution in [2.75, 3.05) is 19.7 Å². The van der Waals surface area contributed by atoms with Crippen LogP contribution in [-0.4, -0.2) is 48.1 Å². The maximum absolute atomic E-state index is 13.6. The topological polar surface area (TPSA) is 58.6 Å². The van der Waals surface area contributed by atoms with Gasteiger partial charge in [0.2, 0.25) is 5.91 Å². The lowest BCUT2D eigenvalue weighted by Gasteiger charge is -2.41. The van der Waals surface area contributed by atoms with Crippen LogP contribution in [0.1, 0.15) is 25.3 Å². The Balaban J connectivity index is 1.63. The molecule has 1 aliphatic heterocycles. The van der Waals surface area contributed by atoms with Gasteiger partial charge in [-0.25, -0.2) is 4.39 Å². The third-order valence-electron chi connectivity index (χ3n) is 5.53. The van der Waals surface area contributed by atoms with Gasteiger partial charge < -0.3 is 15.0 Å². The van der Waals surface area contributed by atoms with Crippen molar-refractivity contribution in [3.05, 3.63) is 59.9 Å². The van der Waals surface area contributed by atoms with Gasteiger partial charge in [-0.05, 0) is 41.7 Å². The first kappa shape index (κ1) is 19.6. The standard InChI is InChI=1S/C23H25FN2O3/c1-16(27)26-10-11-29-23(15-26,22(28)25-21-8-9-21)14-17-4-2-5-18(12-17)19-6-3-7-20(24)13-19/h2-7,12-13,21H,8-11,14-15H2,1H3,(H,25,28)/t23-/m1/s1. The van der Waals surface area contributed by atoms with E-state index in [1.54, 1.807) is 11.0 Å². The molecule has 29 heavy (non-hydrogen) atoms. The van der Waals surface area contributed by atoms with E-state index in [1.807, 2.05) is 30.3 Å². The third kappa shape index (κ3) is 4.48. The fourth-order valence-corrected chi connectivity index (χ4v) is 3.78. The van der Waals surface area contributed by atoms with Gasteiger partial charge in [0.1, 0.15) is 5.82 Å². The first-order valence-corrected chi connectivity index (χ1v) is 10.0. The summed E-state index contributed by atoms with van der Waals surface area (Å²) < 4.78 is 19.7. The Morgan fingerprint density at radius 3 is 2.59 bits per heavy atom. The van der Waals surface area contributed by atoms with Crippen molar-refractivity contribution < 1.29 is 18.7 Å². The number of benzene rings is 2. The highest BCUT2D eigenvalue weighted by atomic mass is 19.1. The van der Waals surface area contributed by atoms with Crippen LogP contribution in [0.5, 0.6) is 0 Å². The van der Waals surface area contributed by atoms with Crippen LogP contribution in [-0.2, 0) is 20.7 Å². The minimum absolute atomic E-state index is 0.0644. The maximum atomic E-state index is 13.6. The Morgan fingerprint density at radius 2 is 1.90 bits per heavy atom. The van der Waals surface area contributed by atoms with Gasteiger partial charge in [0.05, 0.1) is 13.2 Å². The average molecular weight is 396 g/mol. The highest BCUT2D eigenvalue weighted by Gasteiger charge is 2.46. The van der Waals surface area contributed by atoms with Gasteiger partial charge >= 0.3 is 0 Å². The molecule has 1 saturated carbocycles. The van der Waals surface area contributed by atoms with E-state index in [0.717, 1.165) is 29.5 Å². The number of ether oxygens (including phenoxy) is 1. The zero-order chi connectivity index (χ0) is 20.4. The van der Waals surface area contributed by atoms with Crippen LogP contribution >= 0.6 is 0 Å². The summed E-state index contributed by atoms with van der Waals surface area (Å²) in [7, 11) is 0. The third-order valence-corrected chi connectivity index (χ3v) is 5.53. The Bertz CT molecular complexity index is 928. The summed E-state index contributed by atoms with van der Waals surface area (Å²) in [4.78, 5) is 26.8. The van der Waals surface area contributed by atoms with Crippen molar-refractivity contribution in [3.8, 4) is 11.1 Å². The lowest BCUT2D eigenvalue weighted by atomic mass is 9.89. The SMILES string of the molecule is CC(=O)N1CCO[C@@](Cc2cccc(-c3cccc(F)c3)c2)(C(=O)NC2CC2)C1. The number of hydrogen-bond donors (Lipinski definition) is 1. The molecule has 1 atom stereocenters. The van der Waals surface area contributed by atoms with E-state index in [2.05, 4.69) is 5.32 Å². The molecule has 2 aromatic carbocycles. The van der Waals surface area contributed by atoms with Crippen LogP contribution in [0.4, 0.5) is 4.39 Å². The van der Waals surface area contributed by atoms with Crippen LogP contribution in [0.2, 0.25) is 0 Å². The molecule has 1 heterocycles. The number of carbonyl (C=O) groups excluding carboxylic acids is 2. The molecule has 5 nitrogen and oxygen atoms in total. The molecule has 0 bridgehead atoms. The summed E-state index contributed by atoms with van der Waals surface area (Å²) >= 11 is 0. The Hall–Kier alpha value is -2.73. The van der Waals surface area contributed by atoms with Crippen molar-refractivity contribution in [2.24, 2.45) is 0 Å². The first-order chi connectivity index (χ1) is 13.9. The molecule has 4 rings (SSSR count). The number of halogens is 1. The quantitative estimate of drug-likeness (QED) is 0.846. The van der Waals surface area contributed by atoms with Crippen molar-refractivity contribution in [1.29, 1.82) is 0 Å². The molecular formula is C23H25FN2O3. The molecule has 2 aromatic rings. The Morgan fingerprint density at radius 1 is 1.17 bits per heavy atom.